The maximum absolute atomic E-state index is 5.00. The van der Waals surface area contributed by atoms with Gasteiger partial charge in [0.1, 0.15) is 33.1 Å². The molecule has 3 aromatic heterocycles. The molecule has 140 valence electrons. The Morgan fingerprint density at radius 1 is 0.500 bits per heavy atom. The van der Waals surface area contributed by atoms with Crippen LogP contribution in [0.25, 0.3) is 61.2 Å². The lowest BCUT2D eigenvalue weighted by molar-refractivity contribution is 0.921. The number of benzene rings is 3. The molecule has 0 amide bonds. The van der Waals surface area contributed by atoms with Gasteiger partial charge in [-0.25, -0.2) is 29.9 Å². The molecule has 7 rings (SSSR count). The van der Waals surface area contributed by atoms with Crippen LogP contribution in [0, 0.1) is 0 Å². The quantitative estimate of drug-likeness (QED) is 0.276. The summed E-state index contributed by atoms with van der Waals surface area (Å²) in [6, 6.07) is 15.7. The van der Waals surface area contributed by atoms with Gasteiger partial charge in [-0.2, -0.15) is 0 Å². The molecule has 0 atom stereocenters. The number of rotatable bonds is 0. The van der Waals surface area contributed by atoms with Crippen LogP contribution in [-0.4, -0.2) is 29.9 Å². The number of aryl methyl sites for hydroxylation is 1. The Morgan fingerprint density at radius 3 is 1.43 bits per heavy atom. The third kappa shape index (κ3) is 2.13. The fraction of sp³-hybridized carbons (Fsp3) is 0.0833. The minimum atomic E-state index is 0.712. The first kappa shape index (κ1) is 15.8. The van der Waals surface area contributed by atoms with Gasteiger partial charge in [0.15, 0.2) is 0 Å². The number of fused-ring (bicyclic) bond motifs is 9. The van der Waals surface area contributed by atoms with Gasteiger partial charge in [0, 0.05) is 0 Å². The third-order valence-electron chi connectivity index (χ3n) is 5.64. The molecule has 0 aliphatic heterocycles. The first-order valence-corrected chi connectivity index (χ1v) is 9.97. The molecule has 1 aliphatic carbocycles. The second-order valence-electron chi connectivity index (χ2n) is 7.51. The number of hydrogen-bond acceptors (Lipinski definition) is 6. The molecule has 0 fully saturated rings. The van der Waals surface area contributed by atoms with Gasteiger partial charge in [0.25, 0.3) is 0 Å². The molecule has 3 heterocycles. The molecular formula is C24H14N6. The van der Waals surface area contributed by atoms with Gasteiger partial charge < -0.3 is 0 Å². The van der Waals surface area contributed by atoms with E-state index >= 15 is 0 Å². The van der Waals surface area contributed by atoms with Crippen molar-refractivity contribution >= 4 is 61.2 Å². The molecule has 6 heteroatoms. The van der Waals surface area contributed by atoms with Crippen LogP contribution >= 0.6 is 0 Å². The Labute approximate surface area is 170 Å². The fourth-order valence-corrected chi connectivity index (χ4v) is 4.21. The second kappa shape index (κ2) is 5.73. The van der Waals surface area contributed by atoms with Crippen LogP contribution in [0.3, 0.4) is 0 Å². The summed E-state index contributed by atoms with van der Waals surface area (Å²) in [6.45, 7) is 0. The first-order chi connectivity index (χ1) is 14.8. The molecule has 1 aliphatic rings. The van der Waals surface area contributed by atoms with E-state index in [-0.39, 0.29) is 0 Å². The molecule has 0 radical (unpaired) electrons. The molecule has 3 aromatic carbocycles. The molecule has 0 N–H and O–H groups in total. The van der Waals surface area contributed by atoms with Crippen molar-refractivity contribution in [3.05, 3.63) is 66.0 Å². The van der Waals surface area contributed by atoms with Crippen LogP contribution in [0.5, 0.6) is 0 Å². The zero-order valence-corrected chi connectivity index (χ0v) is 15.9. The smallest absolute Gasteiger partial charge is 0.120 e. The summed E-state index contributed by atoms with van der Waals surface area (Å²) < 4.78 is 0. The zero-order valence-electron chi connectivity index (χ0n) is 15.9. The highest BCUT2D eigenvalue weighted by atomic mass is 14.9. The molecule has 0 saturated carbocycles. The summed E-state index contributed by atoms with van der Waals surface area (Å²) in [5.74, 6) is 0. The number of nitrogens with zero attached hydrogens (tertiary/aromatic N) is 6. The van der Waals surface area contributed by atoms with Crippen molar-refractivity contribution in [1.82, 2.24) is 29.9 Å². The maximum Gasteiger partial charge on any atom is 0.120 e. The van der Waals surface area contributed by atoms with E-state index < -0.39 is 0 Å². The second-order valence-corrected chi connectivity index (χ2v) is 7.51. The van der Waals surface area contributed by atoms with Crippen LogP contribution in [0.1, 0.15) is 17.8 Å². The number of hydrogen-bond donors (Lipinski definition) is 0. The Balaban J connectivity index is 1.78. The Kier molecular flexibility index (Phi) is 3.02. The average molecular weight is 386 g/mol. The minimum absolute atomic E-state index is 0.712. The number of aromatic nitrogens is 6. The van der Waals surface area contributed by atoms with E-state index in [0.717, 1.165) is 73.9 Å². The van der Waals surface area contributed by atoms with Crippen molar-refractivity contribution in [2.75, 3.05) is 0 Å². The van der Waals surface area contributed by atoms with Crippen molar-refractivity contribution in [3.63, 3.8) is 0 Å². The van der Waals surface area contributed by atoms with Gasteiger partial charge >= 0.3 is 0 Å². The Bertz CT molecular complexity index is 1700. The molecule has 0 bridgehead atoms. The normalized spacial score (nSPS) is 13.6. The average Bonchev–Trinajstić information content (AvgIpc) is 2.81. The fourth-order valence-electron chi connectivity index (χ4n) is 4.21. The van der Waals surface area contributed by atoms with Crippen LogP contribution in [-0.2, 0) is 6.42 Å². The Morgan fingerprint density at radius 2 is 0.933 bits per heavy atom. The molecule has 30 heavy (non-hydrogen) atoms. The van der Waals surface area contributed by atoms with Gasteiger partial charge in [-0.15, -0.1) is 0 Å². The van der Waals surface area contributed by atoms with Gasteiger partial charge in [-0.05, 0) is 43.2 Å². The number of para-hydroxylation sites is 4. The summed E-state index contributed by atoms with van der Waals surface area (Å²) in [5.41, 5.74) is 9.56. The highest BCUT2D eigenvalue weighted by molar-refractivity contribution is 6.20. The predicted octanol–water partition coefficient (Wildman–Crippen LogP) is 4.78. The zero-order chi connectivity index (χ0) is 19.7. The highest BCUT2D eigenvalue weighted by Gasteiger charge is 2.20. The summed E-state index contributed by atoms with van der Waals surface area (Å²) in [6.07, 6.45) is 6.03. The summed E-state index contributed by atoms with van der Waals surface area (Å²) in [5, 5.41) is 0. The van der Waals surface area contributed by atoms with E-state index in [1.807, 2.05) is 54.6 Å². The maximum atomic E-state index is 5.00. The minimum Gasteiger partial charge on any atom is -0.246 e. The number of allylic oxidation sites excluding steroid dienone is 1. The predicted molar refractivity (Wildman–Crippen MR) is 118 cm³/mol. The van der Waals surface area contributed by atoms with Gasteiger partial charge in [0.2, 0.25) is 0 Å². The molecule has 6 nitrogen and oxygen atoms in total. The van der Waals surface area contributed by atoms with Crippen molar-refractivity contribution in [2.24, 2.45) is 0 Å². The molecule has 6 aromatic rings. The van der Waals surface area contributed by atoms with Crippen molar-refractivity contribution in [1.29, 1.82) is 0 Å². The van der Waals surface area contributed by atoms with E-state index in [2.05, 4.69) is 6.08 Å². The molecule has 0 unspecified atom stereocenters. The lowest BCUT2D eigenvalue weighted by atomic mass is 10.1. The Hall–Kier alpha value is -4.06. The van der Waals surface area contributed by atoms with E-state index in [1.165, 1.54) is 0 Å². The van der Waals surface area contributed by atoms with Crippen molar-refractivity contribution in [2.45, 2.75) is 12.8 Å². The van der Waals surface area contributed by atoms with Crippen LogP contribution in [0.4, 0.5) is 0 Å². The third-order valence-corrected chi connectivity index (χ3v) is 5.64. The lowest BCUT2D eigenvalue weighted by Crippen LogP contribution is -2.04. The van der Waals surface area contributed by atoms with E-state index in [0.29, 0.717) is 5.52 Å². The van der Waals surface area contributed by atoms with Crippen LogP contribution in [0.2, 0.25) is 0 Å². The SMILES string of the molecule is C1=Cc2nc3c(nc2CC1)c1nc2ccccc2nc1c1nc2ccccc2nc31. The van der Waals surface area contributed by atoms with Gasteiger partial charge in [-0.3, -0.25) is 0 Å². The summed E-state index contributed by atoms with van der Waals surface area (Å²) in [4.78, 5) is 29.7. The van der Waals surface area contributed by atoms with E-state index in [1.54, 1.807) is 0 Å². The molecular weight excluding hydrogens is 372 g/mol. The molecule has 0 saturated heterocycles. The van der Waals surface area contributed by atoms with E-state index in [4.69, 9.17) is 29.9 Å². The molecule has 0 spiro atoms. The summed E-state index contributed by atoms with van der Waals surface area (Å²) >= 11 is 0. The van der Waals surface area contributed by atoms with Crippen molar-refractivity contribution in [3.8, 4) is 0 Å². The highest BCUT2D eigenvalue weighted by Crippen LogP contribution is 2.33. The lowest BCUT2D eigenvalue weighted by Gasteiger charge is -2.13. The van der Waals surface area contributed by atoms with Crippen LogP contribution in [0.15, 0.2) is 54.6 Å². The monoisotopic (exact) mass is 386 g/mol. The van der Waals surface area contributed by atoms with Gasteiger partial charge in [0.05, 0.1) is 33.5 Å². The standard InChI is InChI=1S/C24H14N6/c1-2-8-14-13(7-1)25-19-20(26-14)22-24(30-18-12-6-5-11-17(18)28-22)23-21(19)27-15-9-3-4-10-16(15)29-23/h1-5,7-11H,6,12H2. The van der Waals surface area contributed by atoms with Gasteiger partial charge in [-0.1, -0.05) is 30.3 Å². The van der Waals surface area contributed by atoms with Crippen LogP contribution < -0.4 is 0 Å². The largest absolute Gasteiger partial charge is 0.246 e. The summed E-state index contributed by atoms with van der Waals surface area (Å²) in [7, 11) is 0. The van der Waals surface area contributed by atoms with E-state index in [9.17, 15) is 0 Å². The topological polar surface area (TPSA) is 77.3 Å². The van der Waals surface area contributed by atoms with Crippen molar-refractivity contribution < 1.29 is 0 Å². The first-order valence-electron chi connectivity index (χ1n) is 9.97.